The lowest BCUT2D eigenvalue weighted by atomic mass is 10.1. The second-order valence-corrected chi connectivity index (χ2v) is 6.17. The van der Waals surface area contributed by atoms with E-state index >= 15 is 0 Å². The molecule has 1 saturated heterocycles. The molecule has 1 aliphatic heterocycles. The fraction of sp³-hybridized carbons (Fsp3) is 0.538. The Morgan fingerprint density at radius 3 is 2.39 bits per heavy atom. The molecule has 3 nitrogen and oxygen atoms in total. The maximum atomic E-state index is 9.64. The minimum Gasteiger partial charge on any atom is -0.506 e. The van der Waals surface area contributed by atoms with Gasteiger partial charge in [-0.2, -0.15) is 0 Å². The van der Waals surface area contributed by atoms with Gasteiger partial charge in [-0.15, -0.1) is 0 Å². The molecule has 1 heterocycles. The van der Waals surface area contributed by atoms with Gasteiger partial charge in [0.2, 0.25) is 0 Å². The third-order valence-corrected chi connectivity index (χ3v) is 4.33. The van der Waals surface area contributed by atoms with Gasteiger partial charge in [-0.3, -0.25) is 4.90 Å². The first-order valence-corrected chi connectivity index (χ1v) is 7.72. The van der Waals surface area contributed by atoms with Crippen molar-refractivity contribution in [3.8, 4) is 5.75 Å². The highest BCUT2D eigenvalue weighted by Gasteiger charge is 2.10. The van der Waals surface area contributed by atoms with Crippen LogP contribution in [-0.2, 0) is 11.2 Å². The van der Waals surface area contributed by atoms with Gasteiger partial charge >= 0.3 is 0 Å². The number of rotatable bonds is 4. The molecule has 0 aliphatic carbocycles. The van der Waals surface area contributed by atoms with Crippen LogP contribution in [0.1, 0.15) is 12.0 Å². The van der Waals surface area contributed by atoms with Crippen LogP contribution in [0.15, 0.2) is 21.1 Å². The van der Waals surface area contributed by atoms with E-state index in [4.69, 9.17) is 4.74 Å². The summed E-state index contributed by atoms with van der Waals surface area (Å²) < 4.78 is 6.82. The molecule has 1 aromatic rings. The second kappa shape index (κ2) is 6.89. The second-order valence-electron chi connectivity index (χ2n) is 4.47. The van der Waals surface area contributed by atoms with Crippen molar-refractivity contribution in [2.45, 2.75) is 12.8 Å². The fourth-order valence-corrected chi connectivity index (χ4v) is 3.38. The van der Waals surface area contributed by atoms with Gasteiger partial charge in [-0.1, -0.05) is 0 Å². The molecule has 0 bridgehead atoms. The Labute approximate surface area is 124 Å². The zero-order valence-electron chi connectivity index (χ0n) is 10.2. The van der Waals surface area contributed by atoms with Crippen molar-refractivity contribution < 1.29 is 9.84 Å². The van der Waals surface area contributed by atoms with Gasteiger partial charge in [0.15, 0.2) is 0 Å². The number of halogens is 2. The molecule has 0 aromatic heterocycles. The summed E-state index contributed by atoms with van der Waals surface area (Å²) in [6, 6.07) is 3.97. The summed E-state index contributed by atoms with van der Waals surface area (Å²) >= 11 is 6.72. The molecule has 0 saturated carbocycles. The Kier molecular flexibility index (Phi) is 5.48. The van der Waals surface area contributed by atoms with Gasteiger partial charge < -0.3 is 9.84 Å². The summed E-state index contributed by atoms with van der Waals surface area (Å²) in [4.78, 5) is 2.44. The van der Waals surface area contributed by atoms with Crippen molar-refractivity contribution in [1.82, 2.24) is 4.90 Å². The Bertz CT molecular complexity index is 383. The maximum Gasteiger partial charge on any atom is 0.143 e. The highest BCUT2D eigenvalue weighted by Crippen LogP contribution is 2.33. The lowest BCUT2D eigenvalue weighted by Crippen LogP contribution is -2.36. The van der Waals surface area contributed by atoms with Crippen molar-refractivity contribution in [3.05, 3.63) is 26.6 Å². The molecule has 2 rings (SSSR count). The monoisotopic (exact) mass is 377 g/mol. The normalized spacial score (nSPS) is 17.0. The first kappa shape index (κ1) is 14.3. The third-order valence-electron chi connectivity index (χ3n) is 3.12. The van der Waals surface area contributed by atoms with E-state index in [9.17, 15) is 5.11 Å². The van der Waals surface area contributed by atoms with Gasteiger partial charge in [-0.05, 0) is 68.9 Å². The van der Waals surface area contributed by atoms with E-state index in [0.29, 0.717) is 0 Å². The molecular formula is C13H17Br2NO2. The summed E-state index contributed by atoms with van der Waals surface area (Å²) in [7, 11) is 0. The topological polar surface area (TPSA) is 32.7 Å². The number of benzene rings is 1. The van der Waals surface area contributed by atoms with Crippen molar-refractivity contribution in [2.24, 2.45) is 0 Å². The first-order valence-electron chi connectivity index (χ1n) is 6.14. The Balaban J connectivity index is 1.82. The van der Waals surface area contributed by atoms with Gasteiger partial charge in [-0.25, -0.2) is 0 Å². The predicted molar refractivity (Wildman–Crippen MR) is 79.1 cm³/mol. The zero-order valence-corrected chi connectivity index (χ0v) is 13.3. The lowest BCUT2D eigenvalue weighted by molar-refractivity contribution is 0.0374. The highest BCUT2D eigenvalue weighted by molar-refractivity contribution is 9.11. The van der Waals surface area contributed by atoms with Gasteiger partial charge in [0.05, 0.1) is 22.2 Å². The third kappa shape index (κ3) is 3.95. The van der Waals surface area contributed by atoms with E-state index in [2.05, 4.69) is 36.8 Å². The van der Waals surface area contributed by atoms with E-state index in [0.717, 1.165) is 54.6 Å². The van der Waals surface area contributed by atoms with Gasteiger partial charge in [0.25, 0.3) is 0 Å². The summed E-state index contributed by atoms with van der Waals surface area (Å²) in [5.41, 5.74) is 1.24. The van der Waals surface area contributed by atoms with Crippen molar-refractivity contribution >= 4 is 31.9 Å². The molecule has 0 amide bonds. The number of phenols is 1. The standard InChI is InChI=1S/C13H17Br2NO2/c14-11-8-10(9-12(15)13(11)17)2-1-3-16-4-6-18-7-5-16/h8-9,17H,1-7H2. The van der Waals surface area contributed by atoms with E-state index in [1.165, 1.54) is 5.56 Å². The van der Waals surface area contributed by atoms with Crippen LogP contribution in [0.2, 0.25) is 0 Å². The van der Waals surface area contributed by atoms with Gasteiger partial charge in [0, 0.05) is 13.1 Å². The summed E-state index contributed by atoms with van der Waals surface area (Å²) in [6.07, 6.45) is 2.15. The number of hydrogen-bond donors (Lipinski definition) is 1. The molecule has 5 heteroatoms. The summed E-state index contributed by atoms with van der Waals surface area (Å²) in [6.45, 7) is 4.91. The maximum absolute atomic E-state index is 9.64. The molecule has 18 heavy (non-hydrogen) atoms. The largest absolute Gasteiger partial charge is 0.506 e. The molecule has 0 unspecified atom stereocenters. The van der Waals surface area contributed by atoms with E-state index < -0.39 is 0 Å². The smallest absolute Gasteiger partial charge is 0.143 e. The minimum absolute atomic E-state index is 0.270. The van der Waals surface area contributed by atoms with Crippen LogP contribution in [0.25, 0.3) is 0 Å². The van der Waals surface area contributed by atoms with Crippen molar-refractivity contribution in [2.75, 3.05) is 32.8 Å². The molecular weight excluding hydrogens is 362 g/mol. The SMILES string of the molecule is Oc1c(Br)cc(CCCN2CCOCC2)cc1Br. The predicted octanol–water partition coefficient (Wildman–Crippen LogP) is 3.18. The van der Waals surface area contributed by atoms with E-state index in [1.54, 1.807) is 0 Å². The van der Waals surface area contributed by atoms with Crippen molar-refractivity contribution in [1.29, 1.82) is 0 Å². The molecule has 0 atom stereocenters. The van der Waals surface area contributed by atoms with Crippen LogP contribution in [-0.4, -0.2) is 42.9 Å². The zero-order chi connectivity index (χ0) is 13.0. The lowest BCUT2D eigenvalue weighted by Gasteiger charge is -2.26. The Hall–Kier alpha value is -0.100. The number of aromatic hydroxyl groups is 1. The molecule has 1 aromatic carbocycles. The van der Waals surface area contributed by atoms with Crippen LogP contribution in [0, 0.1) is 0 Å². The van der Waals surface area contributed by atoms with Crippen LogP contribution in [0.4, 0.5) is 0 Å². The minimum atomic E-state index is 0.270. The quantitative estimate of drug-likeness (QED) is 0.873. The molecule has 1 N–H and O–H groups in total. The first-order chi connectivity index (χ1) is 8.66. The van der Waals surface area contributed by atoms with E-state index in [-0.39, 0.29) is 5.75 Å². The number of ether oxygens (including phenoxy) is 1. The van der Waals surface area contributed by atoms with Crippen LogP contribution < -0.4 is 0 Å². The average molecular weight is 379 g/mol. The van der Waals surface area contributed by atoms with E-state index in [1.807, 2.05) is 12.1 Å². The summed E-state index contributed by atoms with van der Waals surface area (Å²) in [5, 5.41) is 9.64. The van der Waals surface area contributed by atoms with Crippen molar-refractivity contribution in [3.63, 3.8) is 0 Å². The van der Waals surface area contributed by atoms with Crippen LogP contribution >= 0.6 is 31.9 Å². The number of morpholine rings is 1. The highest BCUT2D eigenvalue weighted by atomic mass is 79.9. The number of nitrogens with zero attached hydrogens (tertiary/aromatic N) is 1. The Morgan fingerprint density at radius 1 is 1.17 bits per heavy atom. The number of phenolic OH excluding ortho intramolecular Hbond substituents is 1. The number of aryl methyl sites for hydroxylation is 1. The molecule has 1 fully saturated rings. The molecule has 0 radical (unpaired) electrons. The fourth-order valence-electron chi connectivity index (χ4n) is 2.09. The summed E-state index contributed by atoms with van der Waals surface area (Å²) in [5.74, 6) is 0.270. The van der Waals surface area contributed by atoms with Gasteiger partial charge in [0.1, 0.15) is 5.75 Å². The number of hydrogen-bond acceptors (Lipinski definition) is 3. The van der Waals surface area contributed by atoms with Crippen LogP contribution in [0.5, 0.6) is 5.75 Å². The Morgan fingerprint density at radius 2 is 1.78 bits per heavy atom. The average Bonchev–Trinajstić information content (AvgIpc) is 2.37. The molecule has 1 aliphatic rings. The van der Waals surface area contributed by atoms with Crippen LogP contribution in [0.3, 0.4) is 0 Å². The molecule has 0 spiro atoms. The molecule has 100 valence electrons.